The zero-order chi connectivity index (χ0) is 14.3. The lowest BCUT2D eigenvalue weighted by atomic mass is 10.1. The summed E-state index contributed by atoms with van der Waals surface area (Å²) in [6.07, 6.45) is 3.44. The topological polar surface area (TPSA) is 29.9 Å². The summed E-state index contributed by atoms with van der Waals surface area (Å²) in [5.74, 6) is 1.16. The number of aromatic nitrogens is 2. The average molecular weight is 292 g/mol. The molecule has 108 valence electrons. The van der Waals surface area contributed by atoms with Crippen molar-refractivity contribution in [1.82, 2.24) is 14.9 Å². The standard InChI is InChI=1S/C16H22ClN3/c1-16(2,3)18-10-9-14-19-13-6-4-5-12(17)15(13)20(14)11-7-8-11/h4-6,11,18H,7-10H2,1-3H3. The fraction of sp³-hybridized carbons (Fsp3) is 0.562. The van der Waals surface area contributed by atoms with Crippen LogP contribution >= 0.6 is 11.6 Å². The molecule has 2 aromatic rings. The monoisotopic (exact) mass is 291 g/mol. The predicted octanol–water partition coefficient (Wildman–Crippen LogP) is 3.96. The summed E-state index contributed by atoms with van der Waals surface area (Å²) in [5, 5.41) is 4.35. The summed E-state index contributed by atoms with van der Waals surface area (Å²) >= 11 is 6.38. The molecule has 1 fully saturated rings. The molecule has 0 aliphatic heterocycles. The zero-order valence-electron chi connectivity index (χ0n) is 12.4. The third kappa shape index (κ3) is 2.84. The molecule has 1 N–H and O–H groups in total. The van der Waals surface area contributed by atoms with Gasteiger partial charge in [-0.1, -0.05) is 17.7 Å². The number of para-hydroxylation sites is 1. The van der Waals surface area contributed by atoms with E-state index in [4.69, 9.17) is 16.6 Å². The van der Waals surface area contributed by atoms with Gasteiger partial charge in [0.2, 0.25) is 0 Å². The van der Waals surface area contributed by atoms with Crippen LogP contribution in [0.15, 0.2) is 18.2 Å². The molecule has 20 heavy (non-hydrogen) atoms. The minimum absolute atomic E-state index is 0.147. The lowest BCUT2D eigenvalue weighted by molar-refractivity contribution is 0.425. The van der Waals surface area contributed by atoms with Gasteiger partial charge in [0, 0.05) is 24.5 Å². The van der Waals surface area contributed by atoms with Crippen LogP contribution in [0.3, 0.4) is 0 Å². The van der Waals surface area contributed by atoms with Crippen LogP contribution in [0.25, 0.3) is 11.0 Å². The molecule has 0 radical (unpaired) electrons. The largest absolute Gasteiger partial charge is 0.324 e. The van der Waals surface area contributed by atoms with E-state index in [1.54, 1.807) is 0 Å². The van der Waals surface area contributed by atoms with Crippen LogP contribution in [0.1, 0.15) is 45.5 Å². The molecule has 0 saturated heterocycles. The Balaban J connectivity index is 1.90. The summed E-state index contributed by atoms with van der Waals surface area (Å²) in [5.41, 5.74) is 2.28. The highest BCUT2D eigenvalue weighted by Gasteiger charge is 2.28. The molecule has 1 aliphatic rings. The van der Waals surface area contributed by atoms with Crippen LogP contribution in [0.5, 0.6) is 0 Å². The number of benzene rings is 1. The zero-order valence-corrected chi connectivity index (χ0v) is 13.2. The number of nitrogens with one attached hydrogen (secondary N) is 1. The molecule has 0 amide bonds. The van der Waals surface area contributed by atoms with Crippen LogP contribution in [0, 0.1) is 0 Å². The summed E-state index contributed by atoms with van der Waals surface area (Å²) in [6, 6.07) is 6.60. The highest BCUT2D eigenvalue weighted by atomic mass is 35.5. The van der Waals surface area contributed by atoms with Crippen molar-refractivity contribution in [3.05, 3.63) is 29.0 Å². The maximum atomic E-state index is 6.38. The fourth-order valence-corrected chi connectivity index (χ4v) is 2.87. The lowest BCUT2D eigenvalue weighted by Crippen LogP contribution is -2.37. The SMILES string of the molecule is CC(C)(C)NCCc1nc2cccc(Cl)c2n1C1CC1. The van der Waals surface area contributed by atoms with Gasteiger partial charge in [0.05, 0.1) is 16.1 Å². The van der Waals surface area contributed by atoms with Gasteiger partial charge in [-0.15, -0.1) is 0 Å². The minimum atomic E-state index is 0.147. The normalized spacial score (nSPS) is 16.0. The van der Waals surface area contributed by atoms with Gasteiger partial charge in [0.15, 0.2) is 0 Å². The van der Waals surface area contributed by atoms with Crippen molar-refractivity contribution in [3.63, 3.8) is 0 Å². The first-order valence-corrected chi connectivity index (χ1v) is 7.74. The van der Waals surface area contributed by atoms with Crippen LogP contribution in [-0.2, 0) is 6.42 Å². The van der Waals surface area contributed by atoms with Crippen molar-refractivity contribution < 1.29 is 0 Å². The number of nitrogens with zero attached hydrogens (tertiary/aromatic N) is 2. The van der Waals surface area contributed by atoms with E-state index in [9.17, 15) is 0 Å². The van der Waals surface area contributed by atoms with Crippen LogP contribution in [0.2, 0.25) is 5.02 Å². The first kappa shape index (κ1) is 13.9. The summed E-state index contributed by atoms with van der Waals surface area (Å²) in [4.78, 5) is 4.79. The molecule has 1 aromatic carbocycles. The summed E-state index contributed by atoms with van der Waals surface area (Å²) < 4.78 is 2.36. The Hall–Kier alpha value is -1.06. The van der Waals surface area contributed by atoms with Crippen LogP contribution < -0.4 is 5.32 Å². The quantitative estimate of drug-likeness (QED) is 0.924. The molecule has 4 heteroatoms. The van der Waals surface area contributed by atoms with Gasteiger partial charge in [0.1, 0.15) is 5.82 Å². The second-order valence-corrected chi connectivity index (χ2v) is 7.07. The minimum Gasteiger partial charge on any atom is -0.324 e. The van der Waals surface area contributed by atoms with Gasteiger partial charge in [0.25, 0.3) is 0 Å². The van der Waals surface area contributed by atoms with Crippen molar-refractivity contribution in [2.75, 3.05) is 6.54 Å². The van der Waals surface area contributed by atoms with Gasteiger partial charge in [-0.05, 0) is 45.7 Å². The molecular formula is C16H22ClN3. The van der Waals surface area contributed by atoms with E-state index in [1.807, 2.05) is 12.1 Å². The van der Waals surface area contributed by atoms with Crippen molar-refractivity contribution in [1.29, 1.82) is 0 Å². The van der Waals surface area contributed by atoms with E-state index in [0.717, 1.165) is 34.8 Å². The third-order valence-corrected chi connectivity index (χ3v) is 3.95. The maximum absolute atomic E-state index is 6.38. The highest BCUT2D eigenvalue weighted by Crippen LogP contribution is 2.40. The molecule has 3 nitrogen and oxygen atoms in total. The van der Waals surface area contributed by atoms with Crippen molar-refractivity contribution in [2.24, 2.45) is 0 Å². The van der Waals surface area contributed by atoms with Gasteiger partial charge in [-0.2, -0.15) is 0 Å². The Bertz CT molecular complexity index is 620. The average Bonchev–Trinajstić information content (AvgIpc) is 3.10. The molecule has 1 saturated carbocycles. The second-order valence-electron chi connectivity index (χ2n) is 6.66. The Labute approximate surface area is 125 Å². The third-order valence-electron chi connectivity index (χ3n) is 3.65. The summed E-state index contributed by atoms with van der Waals surface area (Å²) in [7, 11) is 0. The van der Waals surface area contributed by atoms with Crippen molar-refractivity contribution in [3.8, 4) is 0 Å². The van der Waals surface area contributed by atoms with E-state index >= 15 is 0 Å². The van der Waals surface area contributed by atoms with Crippen LogP contribution in [-0.4, -0.2) is 21.6 Å². The number of hydrogen-bond acceptors (Lipinski definition) is 2. The van der Waals surface area contributed by atoms with E-state index in [-0.39, 0.29) is 5.54 Å². The molecule has 0 atom stereocenters. The smallest absolute Gasteiger partial charge is 0.111 e. The van der Waals surface area contributed by atoms with E-state index in [0.29, 0.717) is 6.04 Å². The van der Waals surface area contributed by atoms with Gasteiger partial charge >= 0.3 is 0 Å². The molecule has 1 heterocycles. The number of halogens is 1. The fourth-order valence-electron chi connectivity index (χ4n) is 2.61. The van der Waals surface area contributed by atoms with E-state index in [1.165, 1.54) is 12.8 Å². The number of fused-ring (bicyclic) bond motifs is 1. The molecule has 0 bridgehead atoms. The van der Waals surface area contributed by atoms with Crippen LogP contribution in [0.4, 0.5) is 0 Å². The van der Waals surface area contributed by atoms with Gasteiger partial charge in [-0.3, -0.25) is 0 Å². The van der Waals surface area contributed by atoms with Gasteiger partial charge < -0.3 is 9.88 Å². The number of rotatable bonds is 4. The molecule has 0 unspecified atom stereocenters. The number of imidazole rings is 1. The van der Waals surface area contributed by atoms with E-state index < -0.39 is 0 Å². The molecule has 1 aliphatic carbocycles. The highest BCUT2D eigenvalue weighted by molar-refractivity contribution is 6.35. The first-order valence-electron chi connectivity index (χ1n) is 7.36. The van der Waals surface area contributed by atoms with Gasteiger partial charge in [-0.25, -0.2) is 4.98 Å². The molecule has 3 rings (SSSR count). The van der Waals surface area contributed by atoms with Crippen molar-refractivity contribution in [2.45, 2.75) is 51.6 Å². The maximum Gasteiger partial charge on any atom is 0.111 e. The Morgan fingerprint density at radius 3 is 2.75 bits per heavy atom. The Kier molecular flexibility index (Phi) is 3.51. The van der Waals surface area contributed by atoms with E-state index in [2.05, 4.69) is 36.7 Å². The Morgan fingerprint density at radius 1 is 1.35 bits per heavy atom. The first-order chi connectivity index (χ1) is 9.46. The Morgan fingerprint density at radius 2 is 2.10 bits per heavy atom. The summed E-state index contributed by atoms with van der Waals surface area (Å²) in [6.45, 7) is 7.51. The molecule has 1 aromatic heterocycles. The number of hydrogen-bond donors (Lipinski definition) is 1. The predicted molar refractivity (Wildman–Crippen MR) is 84.5 cm³/mol. The second kappa shape index (κ2) is 5.05. The van der Waals surface area contributed by atoms with Crippen molar-refractivity contribution >= 4 is 22.6 Å². The molecule has 0 spiro atoms. The lowest BCUT2D eigenvalue weighted by Gasteiger charge is -2.20. The molecular weight excluding hydrogens is 270 g/mol.